The summed E-state index contributed by atoms with van der Waals surface area (Å²) in [6.07, 6.45) is 26.8. The van der Waals surface area contributed by atoms with Crippen LogP contribution in [0.4, 0.5) is 0 Å². The van der Waals surface area contributed by atoms with Gasteiger partial charge >= 0.3 is 5.97 Å². The number of aryl methyl sites for hydroxylation is 1. The van der Waals surface area contributed by atoms with Crippen LogP contribution in [0.2, 0.25) is 0 Å². The number of carbonyl (C=O) groups is 1. The van der Waals surface area contributed by atoms with Crippen molar-refractivity contribution in [2.45, 2.75) is 154 Å². The van der Waals surface area contributed by atoms with Gasteiger partial charge in [-0.3, -0.25) is 4.79 Å². The van der Waals surface area contributed by atoms with E-state index in [2.05, 4.69) is 54.1 Å². The zero-order chi connectivity index (χ0) is 28.8. The van der Waals surface area contributed by atoms with Gasteiger partial charge in [0.05, 0.1) is 6.61 Å². The minimum Gasteiger partial charge on any atom is -0.463 e. The van der Waals surface area contributed by atoms with Crippen LogP contribution in [0, 0.1) is 0 Å². The molecule has 0 radical (unpaired) electrons. The van der Waals surface area contributed by atoms with Gasteiger partial charge in [-0.2, -0.15) is 4.57 Å². The zero-order valence-corrected chi connectivity index (χ0v) is 26.0. The van der Waals surface area contributed by atoms with Crippen LogP contribution in [0.1, 0.15) is 135 Å². The monoisotopic (exact) mass is 568 g/mol. The Morgan fingerprint density at radius 3 is 2.10 bits per heavy atom. The van der Waals surface area contributed by atoms with Crippen molar-refractivity contribution in [2.24, 2.45) is 0 Å². The Morgan fingerprint density at radius 1 is 0.780 bits per heavy atom. The van der Waals surface area contributed by atoms with Crippen LogP contribution in [-0.2, 0) is 25.5 Å². The van der Waals surface area contributed by atoms with Crippen LogP contribution in [0.25, 0.3) is 10.9 Å². The van der Waals surface area contributed by atoms with E-state index in [1.807, 2.05) is 0 Å². The van der Waals surface area contributed by atoms with Crippen molar-refractivity contribution >= 4 is 16.9 Å². The number of benzene rings is 1. The molecule has 1 fully saturated rings. The Balaban J connectivity index is 1.08. The minimum atomic E-state index is -0.132. The third-order valence-electron chi connectivity index (χ3n) is 8.35. The maximum Gasteiger partial charge on any atom is 0.305 e. The molecule has 2 aromatic rings. The number of rotatable bonds is 24. The molecular weight excluding hydrogens is 510 g/mol. The van der Waals surface area contributed by atoms with Gasteiger partial charge in [-0.1, -0.05) is 109 Å². The van der Waals surface area contributed by atoms with E-state index in [-0.39, 0.29) is 18.4 Å². The number of hydrogen-bond acceptors (Lipinski definition) is 4. The average Bonchev–Trinajstić information content (AvgIpc) is 3.45. The smallest absolute Gasteiger partial charge is 0.305 e. The van der Waals surface area contributed by atoms with Crippen LogP contribution in [0.3, 0.4) is 0 Å². The second-order valence-corrected chi connectivity index (χ2v) is 12.0. The Kier molecular flexibility index (Phi) is 17.7. The summed E-state index contributed by atoms with van der Waals surface area (Å²) in [6, 6.07) is 12.7. The fourth-order valence-electron chi connectivity index (χ4n) is 5.83. The van der Waals surface area contributed by atoms with Gasteiger partial charge in [0.25, 0.3) is 0 Å². The minimum absolute atomic E-state index is 0.122. The molecule has 1 aromatic heterocycles. The highest BCUT2D eigenvalue weighted by atomic mass is 16.7. The lowest BCUT2D eigenvalue weighted by Gasteiger charge is -2.12. The molecule has 3 rings (SSSR count). The number of pyridine rings is 1. The highest BCUT2D eigenvalue weighted by Crippen LogP contribution is 2.19. The van der Waals surface area contributed by atoms with E-state index in [1.165, 1.54) is 101 Å². The normalized spacial score (nSPS) is 16.9. The molecule has 2 unspecified atom stereocenters. The molecule has 1 saturated heterocycles. The van der Waals surface area contributed by atoms with Crippen LogP contribution >= 0.6 is 0 Å². The van der Waals surface area contributed by atoms with Crippen molar-refractivity contribution in [1.29, 1.82) is 0 Å². The molecule has 1 aliphatic rings. The van der Waals surface area contributed by atoms with Gasteiger partial charge in [-0.15, -0.1) is 0 Å². The van der Waals surface area contributed by atoms with Crippen molar-refractivity contribution in [3.8, 4) is 0 Å². The van der Waals surface area contributed by atoms with E-state index in [0.717, 1.165) is 38.6 Å². The first kappa shape index (κ1) is 33.5. The standard InChI is InChI=1S/C36H58NO4/c1-2-3-4-5-6-7-8-9-10-11-12-13-14-15-18-27-36-40-31-33(41-36)30-39-35(38)26-17-16-21-28-37-29-22-24-32-23-19-20-25-34(32)37/h19-20,22-25,29,33,36H,2-18,21,26-28,30-31H2,1H3/q+1. The second-order valence-electron chi connectivity index (χ2n) is 12.0. The van der Waals surface area contributed by atoms with Crippen LogP contribution in [-0.4, -0.2) is 31.6 Å². The van der Waals surface area contributed by atoms with Crippen molar-refractivity contribution in [3.05, 3.63) is 42.6 Å². The summed E-state index contributed by atoms with van der Waals surface area (Å²) in [5.74, 6) is -0.128. The molecule has 2 atom stereocenters. The lowest BCUT2D eigenvalue weighted by Crippen LogP contribution is -2.33. The quantitative estimate of drug-likeness (QED) is 0.0719. The Bertz CT molecular complexity index is 943. The Labute approximate surface area is 250 Å². The van der Waals surface area contributed by atoms with E-state index in [4.69, 9.17) is 14.2 Å². The Morgan fingerprint density at radius 2 is 1.39 bits per heavy atom. The highest BCUT2D eigenvalue weighted by Gasteiger charge is 2.26. The molecule has 0 aliphatic carbocycles. The molecule has 5 heteroatoms. The second kappa shape index (κ2) is 21.7. The van der Waals surface area contributed by atoms with E-state index >= 15 is 0 Å². The summed E-state index contributed by atoms with van der Waals surface area (Å²) >= 11 is 0. The van der Waals surface area contributed by atoms with Gasteiger partial charge in [-0.25, -0.2) is 0 Å². The molecule has 0 spiro atoms. The van der Waals surface area contributed by atoms with Gasteiger partial charge in [-0.05, 0) is 37.8 Å². The van der Waals surface area contributed by atoms with Crippen LogP contribution < -0.4 is 4.57 Å². The molecule has 0 saturated carbocycles. The predicted octanol–water partition coefficient (Wildman–Crippen LogP) is 9.23. The predicted molar refractivity (Wildman–Crippen MR) is 168 cm³/mol. The SMILES string of the molecule is CCCCCCCCCCCCCCCCCC1OCC(COC(=O)CCCCC[n+]2cccc3ccccc32)O1. The molecule has 0 amide bonds. The fraction of sp³-hybridized carbons (Fsp3) is 0.722. The molecule has 1 aliphatic heterocycles. The van der Waals surface area contributed by atoms with Gasteiger partial charge in [0.15, 0.2) is 12.5 Å². The molecule has 230 valence electrons. The van der Waals surface area contributed by atoms with Crippen molar-refractivity contribution in [1.82, 2.24) is 0 Å². The van der Waals surface area contributed by atoms with Gasteiger partial charge < -0.3 is 14.2 Å². The lowest BCUT2D eigenvalue weighted by molar-refractivity contribution is -0.671. The van der Waals surface area contributed by atoms with Crippen molar-refractivity contribution in [3.63, 3.8) is 0 Å². The number of hydrogen-bond donors (Lipinski definition) is 0. The highest BCUT2D eigenvalue weighted by molar-refractivity contribution is 5.74. The Hall–Kier alpha value is -1.98. The number of aromatic nitrogens is 1. The van der Waals surface area contributed by atoms with Crippen molar-refractivity contribution in [2.75, 3.05) is 13.2 Å². The third-order valence-corrected chi connectivity index (χ3v) is 8.35. The zero-order valence-electron chi connectivity index (χ0n) is 26.0. The summed E-state index contributed by atoms with van der Waals surface area (Å²) in [5.41, 5.74) is 1.26. The van der Waals surface area contributed by atoms with Crippen LogP contribution in [0.15, 0.2) is 42.6 Å². The fourth-order valence-corrected chi connectivity index (χ4v) is 5.83. The summed E-state index contributed by atoms with van der Waals surface area (Å²) < 4.78 is 19.5. The molecule has 41 heavy (non-hydrogen) atoms. The van der Waals surface area contributed by atoms with Crippen molar-refractivity contribution < 1.29 is 23.6 Å². The molecule has 0 N–H and O–H groups in total. The summed E-state index contributed by atoms with van der Waals surface area (Å²) in [6.45, 7) is 4.08. The van der Waals surface area contributed by atoms with E-state index in [0.29, 0.717) is 19.6 Å². The third kappa shape index (κ3) is 14.7. The first-order valence-corrected chi connectivity index (χ1v) is 17.1. The molecule has 0 bridgehead atoms. The first-order valence-electron chi connectivity index (χ1n) is 17.1. The molecule has 5 nitrogen and oxygen atoms in total. The maximum atomic E-state index is 12.2. The molecule has 1 aromatic carbocycles. The molecule has 2 heterocycles. The largest absolute Gasteiger partial charge is 0.463 e. The summed E-state index contributed by atoms with van der Waals surface area (Å²) in [5, 5.41) is 1.26. The summed E-state index contributed by atoms with van der Waals surface area (Å²) in [4.78, 5) is 12.2. The lowest BCUT2D eigenvalue weighted by atomic mass is 10.0. The van der Waals surface area contributed by atoms with Gasteiger partial charge in [0, 0.05) is 30.4 Å². The maximum absolute atomic E-state index is 12.2. The van der Waals surface area contributed by atoms with E-state index in [9.17, 15) is 4.79 Å². The average molecular weight is 569 g/mol. The first-order chi connectivity index (χ1) is 20.3. The van der Waals surface area contributed by atoms with Gasteiger partial charge in [0.1, 0.15) is 19.3 Å². The van der Waals surface area contributed by atoms with E-state index in [1.54, 1.807) is 0 Å². The van der Waals surface area contributed by atoms with E-state index < -0.39 is 0 Å². The number of esters is 1. The van der Waals surface area contributed by atoms with Crippen LogP contribution in [0.5, 0.6) is 0 Å². The number of nitrogens with zero attached hydrogens (tertiary/aromatic N) is 1. The van der Waals surface area contributed by atoms with Gasteiger partial charge in [0.2, 0.25) is 5.52 Å². The topological polar surface area (TPSA) is 48.6 Å². The number of unbranched alkanes of at least 4 members (excludes halogenated alkanes) is 16. The number of fused-ring (bicyclic) bond motifs is 1. The number of carbonyl (C=O) groups excluding carboxylic acids is 1. The number of ether oxygens (including phenoxy) is 3. The number of para-hydroxylation sites is 1. The summed E-state index contributed by atoms with van der Waals surface area (Å²) in [7, 11) is 0. The molecular formula is C36H58NO4+.